The first-order valence-corrected chi connectivity index (χ1v) is 10.9. The molecule has 0 aliphatic rings. The summed E-state index contributed by atoms with van der Waals surface area (Å²) < 4.78 is 15.6. The SMILES string of the molecule is CCOC(=O)c1c(-c2ccco2)csc1NC(=O)COC(=O)c1cccnc1SC. The van der Waals surface area contributed by atoms with E-state index in [1.165, 1.54) is 18.0 Å². The molecule has 0 radical (unpaired) electrons. The van der Waals surface area contributed by atoms with Crippen LogP contribution in [0.3, 0.4) is 0 Å². The Labute approximate surface area is 180 Å². The number of carbonyl (C=O) groups is 3. The van der Waals surface area contributed by atoms with Crippen molar-refractivity contribution in [2.45, 2.75) is 11.9 Å². The number of rotatable bonds is 8. The molecule has 0 unspecified atom stereocenters. The van der Waals surface area contributed by atoms with Crippen LogP contribution in [0.5, 0.6) is 0 Å². The van der Waals surface area contributed by atoms with E-state index in [0.29, 0.717) is 16.3 Å². The number of ether oxygens (including phenoxy) is 2. The number of pyridine rings is 1. The maximum absolute atomic E-state index is 12.4. The molecule has 0 saturated carbocycles. The third kappa shape index (κ3) is 4.89. The van der Waals surface area contributed by atoms with Gasteiger partial charge in [0, 0.05) is 17.1 Å². The molecule has 10 heteroatoms. The van der Waals surface area contributed by atoms with E-state index in [9.17, 15) is 14.4 Å². The van der Waals surface area contributed by atoms with Crippen LogP contribution in [0.2, 0.25) is 0 Å². The number of aromatic nitrogens is 1. The van der Waals surface area contributed by atoms with Crippen LogP contribution in [0.15, 0.2) is 51.5 Å². The zero-order valence-corrected chi connectivity index (χ0v) is 17.8. The van der Waals surface area contributed by atoms with E-state index < -0.39 is 24.5 Å². The largest absolute Gasteiger partial charge is 0.464 e. The molecule has 0 saturated heterocycles. The molecule has 0 bridgehead atoms. The van der Waals surface area contributed by atoms with Gasteiger partial charge in [0.1, 0.15) is 21.4 Å². The predicted molar refractivity (Wildman–Crippen MR) is 113 cm³/mol. The van der Waals surface area contributed by atoms with Gasteiger partial charge in [-0.1, -0.05) is 0 Å². The van der Waals surface area contributed by atoms with Crippen LogP contribution in [0, 0.1) is 0 Å². The van der Waals surface area contributed by atoms with Gasteiger partial charge in [0.2, 0.25) is 0 Å². The van der Waals surface area contributed by atoms with E-state index in [-0.39, 0.29) is 22.7 Å². The number of thiophene rings is 1. The number of nitrogens with zero attached hydrogens (tertiary/aromatic N) is 1. The fraction of sp³-hybridized carbons (Fsp3) is 0.200. The normalized spacial score (nSPS) is 10.5. The summed E-state index contributed by atoms with van der Waals surface area (Å²) in [7, 11) is 0. The lowest BCUT2D eigenvalue weighted by Crippen LogP contribution is -2.22. The number of thioether (sulfide) groups is 1. The lowest BCUT2D eigenvalue weighted by Gasteiger charge is -2.09. The molecule has 3 aromatic rings. The van der Waals surface area contributed by atoms with Crippen molar-refractivity contribution in [3.8, 4) is 11.3 Å². The highest BCUT2D eigenvalue weighted by Gasteiger charge is 2.24. The fourth-order valence-corrected chi connectivity index (χ4v) is 4.04. The van der Waals surface area contributed by atoms with Crippen LogP contribution >= 0.6 is 23.1 Å². The molecule has 156 valence electrons. The molecule has 30 heavy (non-hydrogen) atoms. The average molecular weight is 447 g/mol. The van der Waals surface area contributed by atoms with Gasteiger partial charge >= 0.3 is 11.9 Å². The number of furan rings is 1. The van der Waals surface area contributed by atoms with Crippen molar-refractivity contribution >= 4 is 45.9 Å². The van der Waals surface area contributed by atoms with Gasteiger partial charge in [0.05, 0.1) is 18.4 Å². The molecule has 8 nitrogen and oxygen atoms in total. The number of hydrogen-bond donors (Lipinski definition) is 1. The number of nitrogens with one attached hydrogen (secondary N) is 1. The molecule has 0 spiro atoms. The molecule has 3 aromatic heterocycles. The summed E-state index contributed by atoms with van der Waals surface area (Å²) in [5, 5.41) is 5.09. The van der Waals surface area contributed by atoms with Crippen molar-refractivity contribution in [1.82, 2.24) is 4.98 Å². The van der Waals surface area contributed by atoms with E-state index >= 15 is 0 Å². The monoisotopic (exact) mass is 446 g/mol. The summed E-state index contributed by atoms with van der Waals surface area (Å²) in [6.45, 7) is 1.35. The molecule has 0 aliphatic carbocycles. The van der Waals surface area contributed by atoms with E-state index in [1.54, 1.807) is 49.0 Å². The molecule has 3 heterocycles. The van der Waals surface area contributed by atoms with Crippen molar-refractivity contribution in [3.63, 3.8) is 0 Å². The van der Waals surface area contributed by atoms with Gasteiger partial charge in [-0.3, -0.25) is 4.79 Å². The molecule has 1 N–H and O–H groups in total. The second kappa shape index (κ2) is 10.1. The Hall–Kier alpha value is -3.11. The molecular formula is C20H18N2O6S2. The summed E-state index contributed by atoms with van der Waals surface area (Å²) in [6.07, 6.45) is 4.84. The molecule has 1 amide bonds. The van der Waals surface area contributed by atoms with Crippen LogP contribution in [-0.2, 0) is 14.3 Å². The second-order valence-corrected chi connectivity index (χ2v) is 7.41. The predicted octanol–water partition coefficient (Wildman–Crippen LogP) is 4.10. The van der Waals surface area contributed by atoms with Crippen molar-refractivity contribution in [3.05, 3.63) is 53.2 Å². The average Bonchev–Trinajstić information content (AvgIpc) is 3.42. The summed E-state index contributed by atoms with van der Waals surface area (Å²) in [4.78, 5) is 41.1. The van der Waals surface area contributed by atoms with E-state index in [4.69, 9.17) is 13.9 Å². The number of esters is 2. The van der Waals surface area contributed by atoms with Crippen LogP contribution in [0.1, 0.15) is 27.6 Å². The fourth-order valence-electron chi connectivity index (χ4n) is 2.55. The molecule has 0 aromatic carbocycles. The van der Waals surface area contributed by atoms with Crippen molar-refractivity contribution in [2.24, 2.45) is 0 Å². The quantitative estimate of drug-likeness (QED) is 0.407. The number of carbonyl (C=O) groups excluding carboxylic acids is 3. The van der Waals surface area contributed by atoms with Crippen LogP contribution < -0.4 is 5.32 Å². The Morgan fingerprint density at radius 3 is 2.73 bits per heavy atom. The Morgan fingerprint density at radius 2 is 2.03 bits per heavy atom. The minimum absolute atomic E-state index is 0.181. The Bertz CT molecular complexity index is 1050. The van der Waals surface area contributed by atoms with E-state index in [0.717, 1.165) is 11.3 Å². The van der Waals surface area contributed by atoms with Gasteiger partial charge in [-0.05, 0) is 37.4 Å². The Balaban J connectivity index is 1.72. The standard InChI is InChI=1S/C20H18N2O6S2/c1-3-26-20(25)16-13(14-7-5-9-27-14)11-30-18(16)22-15(23)10-28-19(24)12-6-4-8-21-17(12)29-2/h4-9,11H,3,10H2,1-2H3,(H,22,23). The van der Waals surface area contributed by atoms with Gasteiger partial charge in [-0.2, -0.15) is 0 Å². The second-order valence-electron chi connectivity index (χ2n) is 5.74. The topological polar surface area (TPSA) is 108 Å². The third-order valence-electron chi connectivity index (χ3n) is 3.83. The first-order valence-electron chi connectivity index (χ1n) is 8.83. The van der Waals surface area contributed by atoms with Crippen molar-refractivity contribution < 1.29 is 28.3 Å². The minimum atomic E-state index is -0.657. The lowest BCUT2D eigenvalue weighted by atomic mass is 10.1. The molecule has 3 rings (SSSR count). The minimum Gasteiger partial charge on any atom is -0.464 e. The molecular weight excluding hydrogens is 428 g/mol. The lowest BCUT2D eigenvalue weighted by molar-refractivity contribution is -0.119. The van der Waals surface area contributed by atoms with Gasteiger partial charge in [-0.15, -0.1) is 23.1 Å². The summed E-state index contributed by atoms with van der Waals surface area (Å²) in [5.41, 5.74) is 0.977. The highest BCUT2D eigenvalue weighted by atomic mass is 32.2. The van der Waals surface area contributed by atoms with Gasteiger partial charge in [0.25, 0.3) is 5.91 Å². The summed E-state index contributed by atoms with van der Waals surface area (Å²) in [6, 6.07) is 6.59. The van der Waals surface area contributed by atoms with E-state index in [1.807, 2.05) is 0 Å². The van der Waals surface area contributed by atoms with Gasteiger partial charge in [0.15, 0.2) is 6.61 Å². The maximum atomic E-state index is 12.4. The van der Waals surface area contributed by atoms with Crippen molar-refractivity contribution in [2.75, 3.05) is 24.8 Å². The highest BCUT2D eigenvalue weighted by Crippen LogP contribution is 2.36. The summed E-state index contributed by atoms with van der Waals surface area (Å²) in [5.74, 6) is -1.35. The van der Waals surface area contributed by atoms with Crippen LogP contribution in [-0.4, -0.2) is 42.3 Å². The summed E-state index contributed by atoms with van der Waals surface area (Å²) >= 11 is 2.45. The highest BCUT2D eigenvalue weighted by molar-refractivity contribution is 7.98. The van der Waals surface area contributed by atoms with Crippen LogP contribution in [0.4, 0.5) is 5.00 Å². The van der Waals surface area contributed by atoms with Crippen molar-refractivity contribution in [1.29, 1.82) is 0 Å². The first kappa shape index (κ1) is 21.6. The third-order valence-corrected chi connectivity index (χ3v) is 5.44. The molecule has 0 atom stereocenters. The zero-order chi connectivity index (χ0) is 21.5. The molecule has 0 aliphatic heterocycles. The number of hydrogen-bond acceptors (Lipinski definition) is 9. The Kier molecular flexibility index (Phi) is 7.26. The maximum Gasteiger partial charge on any atom is 0.341 e. The van der Waals surface area contributed by atoms with Gasteiger partial charge in [-0.25, -0.2) is 14.6 Å². The zero-order valence-electron chi connectivity index (χ0n) is 16.2. The number of amides is 1. The molecule has 0 fully saturated rings. The van der Waals surface area contributed by atoms with E-state index in [2.05, 4.69) is 10.3 Å². The van der Waals surface area contributed by atoms with Gasteiger partial charge < -0.3 is 19.2 Å². The first-order chi connectivity index (χ1) is 14.5. The Morgan fingerprint density at radius 1 is 1.20 bits per heavy atom. The smallest absolute Gasteiger partial charge is 0.341 e. The number of anilines is 1. The van der Waals surface area contributed by atoms with Crippen LogP contribution in [0.25, 0.3) is 11.3 Å².